The molecule has 128 valence electrons. The molecule has 0 spiro atoms. The van der Waals surface area contributed by atoms with E-state index in [1.165, 1.54) is 0 Å². The van der Waals surface area contributed by atoms with E-state index in [-0.39, 0.29) is 5.69 Å². The van der Waals surface area contributed by atoms with E-state index < -0.39 is 17.1 Å². The number of benzene rings is 2. The van der Waals surface area contributed by atoms with Crippen LogP contribution in [0.15, 0.2) is 68.3 Å². The smallest absolute Gasteiger partial charge is 0.328 e. The summed E-state index contributed by atoms with van der Waals surface area (Å²) < 4.78 is 0. The first kappa shape index (κ1) is 15.5. The van der Waals surface area contributed by atoms with Crippen molar-refractivity contribution in [3.05, 3.63) is 69.4 Å². The highest BCUT2D eigenvalue weighted by atomic mass is 16.3. The fourth-order valence-electron chi connectivity index (χ4n) is 2.46. The van der Waals surface area contributed by atoms with E-state index in [0.29, 0.717) is 5.69 Å². The minimum absolute atomic E-state index is 0.376. The molecule has 2 heterocycles. The van der Waals surface area contributed by atoms with Gasteiger partial charge in [-0.1, -0.05) is 30.3 Å². The summed E-state index contributed by atoms with van der Waals surface area (Å²) in [6.07, 6.45) is 0. The van der Waals surface area contributed by atoms with Gasteiger partial charge in [0.05, 0.1) is 16.7 Å². The molecule has 0 atom stereocenters. The summed E-state index contributed by atoms with van der Waals surface area (Å²) in [7, 11) is 0. The Kier molecular flexibility index (Phi) is 3.66. The number of rotatable bonds is 3. The van der Waals surface area contributed by atoms with Crippen molar-refractivity contribution in [3.8, 4) is 17.3 Å². The number of aromatic amines is 3. The Balaban J connectivity index is 1.70. The normalized spacial score (nSPS) is 11.4. The second kappa shape index (κ2) is 6.13. The van der Waals surface area contributed by atoms with E-state index in [1.807, 2.05) is 40.3 Å². The average molecular weight is 348 g/mol. The standard InChI is InChI=1S/C17H12N6O3/c24-15-13(16(25)21-17(26)20-15)23-22-10-6-7-11-12(8-10)19-14(18-11)9-4-2-1-3-5-9/h1-8H,(H,18,19)(H3,20,21,24,25,26). The number of H-pyrrole nitrogens is 3. The zero-order valence-corrected chi connectivity index (χ0v) is 13.2. The van der Waals surface area contributed by atoms with Crippen LogP contribution in [0.3, 0.4) is 0 Å². The molecule has 0 saturated heterocycles. The quantitative estimate of drug-likeness (QED) is 0.423. The molecule has 0 amide bonds. The van der Waals surface area contributed by atoms with Crippen LogP contribution < -0.4 is 11.2 Å². The summed E-state index contributed by atoms with van der Waals surface area (Å²) in [5, 5.41) is 17.3. The van der Waals surface area contributed by atoms with Gasteiger partial charge in [0.2, 0.25) is 11.6 Å². The van der Waals surface area contributed by atoms with Crippen LogP contribution in [0.5, 0.6) is 5.88 Å². The minimum Gasteiger partial charge on any atom is -0.493 e. The van der Waals surface area contributed by atoms with Crippen LogP contribution in [0.2, 0.25) is 0 Å². The molecule has 0 radical (unpaired) electrons. The van der Waals surface area contributed by atoms with Crippen molar-refractivity contribution in [3.63, 3.8) is 0 Å². The number of nitrogens with one attached hydrogen (secondary N) is 3. The minimum atomic E-state index is -0.830. The van der Waals surface area contributed by atoms with Crippen LogP contribution >= 0.6 is 0 Å². The highest BCUT2D eigenvalue weighted by Gasteiger charge is 2.08. The first-order chi connectivity index (χ1) is 12.6. The van der Waals surface area contributed by atoms with Crippen molar-refractivity contribution in [2.45, 2.75) is 0 Å². The number of hydrogen-bond donors (Lipinski definition) is 4. The van der Waals surface area contributed by atoms with Gasteiger partial charge in [0.1, 0.15) is 5.82 Å². The van der Waals surface area contributed by atoms with E-state index in [4.69, 9.17) is 0 Å². The van der Waals surface area contributed by atoms with Gasteiger partial charge < -0.3 is 10.1 Å². The van der Waals surface area contributed by atoms with Crippen LogP contribution in [0.4, 0.5) is 11.4 Å². The Labute approximate surface area is 145 Å². The Bertz CT molecular complexity index is 1240. The van der Waals surface area contributed by atoms with E-state index >= 15 is 0 Å². The summed E-state index contributed by atoms with van der Waals surface area (Å²) in [5.74, 6) is 0.0842. The lowest BCUT2D eigenvalue weighted by molar-refractivity contribution is 0.450. The highest BCUT2D eigenvalue weighted by Crippen LogP contribution is 2.25. The second-order valence-corrected chi connectivity index (χ2v) is 5.46. The van der Waals surface area contributed by atoms with Gasteiger partial charge in [-0.2, -0.15) is 5.11 Å². The molecule has 0 aliphatic carbocycles. The third-order valence-corrected chi connectivity index (χ3v) is 3.68. The van der Waals surface area contributed by atoms with Gasteiger partial charge in [-0.05, 0) is 18.2 Å². The lowest BCUT2D eigenvalue weighted by Crippen LogP contribution is -2.20. The number of imidazole rings is 1. The lowest BCUT2D eigenvalue weighted by Gasteiger charge is -1.95. The summed E-state index contributed by atoms with van der Waals surface area (Å²) in [5.41, 5.74) is 0.886. The van der Waals surface area contributed by atoms with E-state index in [9.17, 15) is 14.7 Å². The lowest BCUT2D eigenvalue weighted by atomic mass is 10.2. The van der Waals surface area contributed by atoms with Crippen molar-refractivity contribution in [1.29, 1.82) is 0 Å². The number of hydrogen-bond acceptors (Lipinski definition) is 6. The number of aromatic nitrogens is 4. The SMILES string of the molecule is O=c1[nH]c(O)c(N=Nc2ccc3nc(-c4ccccc4)[nH]c3c2)c(=O)[nH]1. The molecule has 0 bridgehead atoms. The number of fused-ring (bicyclic) bond motifs is 1. The molecule has 26 heavy (non-hydrogen) atoms. The van der Waals surface area contributed by atoms with Crippen molar-refractivity contribution in [1.82, 2.24) is 19.9 Å². The van der Waals surface area contributed by atoms with Crippen LogP contribution in [-0.2, 0) is 0 Å². The molecule has 2 aromatic heterocycles. The fourth-order valence-corrected chi connectivity index (χ4v) is 2.46. The van der Waals surface area contributed by atoms with Gasteiger partial charge in [-0.15, -0.1) is 5.11 Å². The van der Waals surface area contributed by atoms with Gasteiger partial charge in [-0.3, -0.25) is 14.8 Å². The third-order valence-electron chi connectivity index (χ3n) is 3.68. The van der Waals surface area contributed by atoms with Gasteiger partial charge in [0, 0.05) is 5.56 Å². The molecule has 4 rings (SSSR count). The number of aromatic hydroxyl groups is 1. The fraction of sp³-hybridized carbons (Fsp3) is 0. The summed E-state index contributed by atoms with van der Waals surface area (Å²) in [6.45, 7) is 0. The Morgan fingerprint density at radius 2 is 1.73 bits per heavy atom. The summed E-state index contributed by atoms with van der Waals surface area (Å²) in [4.78, 5) is 34.4. The highest BCUT2D eigenvalue weighted by molar-refractivity contribution is 5.82. The Hall–Kier alpha value is -4.01. The molecule has 0 aliphatic heterocycles. The van der Waals surface area contributed by atoms with Crippen molar-refractivity contribution in [2.75, 3.05) is 0 Å². The number of azo groups is 1. The molecule has 9 nitrogen and oxygen atoms in total. The van der Waals surface area contributed by atoms with Crippen molar-refractivity contribution in [2.24, 2.45) is 10.2 Å². The molecule has 0 fully saturated rings. The van der Waals surface area contributed by atoms with E-state index in [0.717, 1.165) is 22.4 Å². The van der Waals surface area contributed by atoms with E-state index in [1.54, 1.807) is 18.2 Å². The van der Waals surface area contributed by atoms with Gasteiger partial charge in [0.25, 0.3) is 5.56 Å². The number of nitrogens with zero attached hydrogens (tertiary/aromatic N) is 3. The molecule has 0 unspecified atom stereocenters. The predicted molar refractivity (Wildman–Crippen MR) is 95.1 cm³/mol. The average Bonchev–Trinajstić information content (AvgIpc) is 3.05. The Morgan fingerprint density at radius 3 is 2.50 bits per heavy atom. The van der Waals surface area contributed by atoms with Crippen molar-refractivity contribution < 1.29 is 5.11 Å². The monoisotopic (exact) mass is 348 g/mol. The first-order valence-corrected chi connectivity index (χ1v) is 7.62. The van der Waals surface area contributed by atoms with Crippen LogP contribution in [-0.4, -0.2) is 25.0 Å². The maximum atomic E-state index is 11.6. The first-order valence-electron chi connectivity index (χ1n) is 7.62. The largest absolute Gasteiger partial charge is 0.493 e. The molecular formula is C17H12N6O3. The molecule has 0 aliphatic rings. The van der Waals surface area contributed by atoms with Gasteiger partial charge in [-0.25, -0.2) is 9.78 Å². The summed E-state index contributed by atoms with van der Waals surface area (Å²) >= 11 is 0. The van der Waals surface area contributed by atoms with Gasteiger partial charge in [0.15, 0.2) is 0 Å². The molecule has 4 N–H and O–H groups in total. The molecule has 0 saturated carbocycles. The Morgan fingerprint density at radius 1 is 0.923 bits per heavy atom. The zero-order valence-electron chi connectivity index (χ0n) is 13.2. The third kappa shape index (κ3) is 2.88. The van der Waals surface area contributed by atoms with Crippen molar-refractivity contribution >= 4 is 22.4 Å². The second-order valence-electron chi connectivity index (χ2n) is 5.46. The maximum absolute atomic E-state index is 11.6. The molecule has 2 aromatic carbocycles. The molecule has 9 heteroatoms. The molecule has 4 aromatic rings. The predicted octanol–water partition coefficient (Wildman–Crippen LogP) is 2.73. The van der Waals surface area contributed by atoms with E-state index in [2.05, 4.69) is 20.2 Å². The van der Waals surface area contributed by atoms with Crippen LogP contribution in [0.25, 0.3) is 22.4 Å². The van der Waals surface area contributed by atoms with Crippen LogP contribution in [0, 0.1) is 0 Å². The summed E-state index contributed by atoms with van der Waals surface area (Å²) in [6, 6.07) is 14.8. The van der Waals surface area contributed by atoms with Crippen LogP contribution in [0.1, 0.15) is 0 Å². The zero-order chi connectivity index (χ0) is 18.1. The van der Waals surface area contributed by atoms with Gasteiger partial charge >= 0.3 is 5.69 Å². The topological polar surface area (TPSA) is 139 Å². The maximum Gasteiger partial charge on any atom is 0.328 e. The molecular weight excluding hydrogens is 336 g/mol.